The zero-order valence-corrected chi connectivity index (χ0v) is 10.4. The van der Waals surface area contributed by atoms with Crippen LogP contribution in [-0.4, -0.2) is 24.1 Å². The number of nitrogens with one attached hydrogen (secondary N) is 1. The fourth-order valence-corrected chi connectivity index (χ4v) is 1.55. The van der Waals surface area contributed by atoms with Crippen molar-refractivity contribution < 1.29 is 9.90 Å². The van der Waals surface area contributed by atoms with E-state index < -0.39 is 0 Å². The summed E-state index contributed by atoms with van der Waals surface area (Å²) in [4.78, 5) is 11.8. The van der Waals surface area contributed by atoms with E-state index in [1.54, 1.807) is 12.1 Å². The van der Waals surface area contributed by atoms with Crippen molar-refractivity contribution in [2.24, 2.45) is 11.1 Å². The van der Waals surface area contributed by atoms with Crippen LogP contribution in [0.15, 0.2) is 24.3 Å². The molecule has 1 rings (SSSR count). The monoisotopic (exact) mass is 236 g/mol. The first kappa shape index (κ1) is 13.5. The van der Waals surface area contributed by atoms with E-state index in [0.29, 0.717) is 18.7 Å². The molecule has 0 saturated heterocycles. The number of rotatable bonds is 5. The van der Waals surface area contributed by atoms with Crippen LogP contribution < -0.4 is 11.1 Å². The van der Waals surface area contributed by atoms with Crippen LogP contribution in [-0.2, 0) is 0 Å². The van der Waals surface area contributed by atoms with Crippen molar-refractivity contribution in [2.75, 3.05) is 13.1 Å². The van der Waals surface area contributed by atoms with E-state index in [4.69, 9.17) is 5.73 Å². The Morgan fingerprint density at radius 1 is 1.47 bits per heavy atom. The molecule has 0 atom stereocenters. The molecule has 0 fully saturated rings. The molecule has 4 nitrogen and oxygen atoms in total. The molecule has 1 aromatic rings. The van der Waals surface area contributed by atoms with Crippen molar-refractivity contribution in [1.82, 2.24) is 5.32 Å². The molecule has 0 aliphatic heterocycles. The second kappa shape index (κ2) is 5.68. The van der Waals surface area contributed by atoms with Gasteiger partial charge in [0.15, 0.2) is 0 Å². The maximum absolute atomic E-state index is 11.8. The largest absolute Gasteiger partial charge is 0.508 e. The smallest absolute Gasteiger partial charge is 0.251 e. The normalized spacial score (nSPS) is 11.2. The maximum Gasteiger partial charge on any atom is 0.251 e. The molecule has 0 spiro atoms. The first-order valence-corrected chi connectivity index (χ1v) is 5.72. The first-order chi connectivity index (χ1) is 7.94. The van der Waals surface area contributed by atoms with Crippen LogP contribution in [0.3, 0.4) is 0 Å². The molecule has 0 aliphatic carbocycles. The molecule has 0 aromatic heterocycles. The minimum atomic E-state index is -0.175. The Balaban J connectivity index is 2.56. The van der Waals surface area contributed by atoms with Crippen molar-refractivity contribution in [2.45, 2.75) is 20.3 Å². The lowest BCUT2D eigenvalue weighted by atomic mass is 9.89. The molecular formula is C13H20N2O2. The summed E-state index contributed by atoms with van der Waals surface area (Å²) in [6, 6.07) is 6.31. The van der Waals surface area contributed by atoms with Gasteiger partial charge in [-0.2, -0.15) is 0 Å². The molecule has 1 aromatic carbocycles. The van der Waals surface area contributed by atoms with Gasteiger partial charge in [-0.1, -0.05) is 19.9 Å². The van der Waals surface area contributed by atoms with Gasteiger partial charge in [-0.3, -0.25) is 4.79 Å². The Labute approximate surface area is 102 Å². The molecule has 17 heavy (non-hydrogen) atoms. The molecule has 0 heterocycles. The van der Waals surface area contributed by atoms with Crippen LogP contribution in [0.5, 0.6) is 5.75 Å². The first-order valence-electron chi connectivity index (χ1n) is 5.72. The van der Waals surface area contributed by atoms with Gasteiger partial charge < -0.3 is 16.2 Å². The van der Waals surface area contributed by atoms with E-state index in [9.17, 15) is 9.90 Å². The van der Waals surface area contributed by atoms with Crippen molar-refractivity contribution in [3.05, 3.63) is 29.8 Å². The maximum atomic E-state index is 11.8. The predicted octanol–water partition coefficient (Wildman–Crippen LogP) is 1.50. The van der Waals surface area contributed by atoms with E-state index in [1.165, 1.54) is 12.1 Å². The molecule has 1 amide bonds. The van der Waals surface area contributed by atoms with E-state index in [0.717, 1.165) is 6.42 Å². The predicted molar refractivity (Wildman–Crippen MR) is 67.9 cm³/mol. The second-order valence-electron chi connectivity index (χ2n) is 4.94. The number of nitrogens with two attached hydrogens (primary N) is 1. The van der Waals surface area contributed by atoms with Crippen molar-refractivity contribution in [3.63, 3.8) is 0 Å². The van der Waals surface area contributed by atoms with Gasteiger partial charge in [-0.15, -0.1) is 0 Å². The van der Waals surface area contributed by atoms with Gasteiger partial charge in [0.1, 0.15) is 5.75 Å². The van der Waals surface area contributed by atoms with Crippen molar-refractivity contribution >= 4 is 5.91 Å². The van der Waals surface area contributed by atoms with Crippen LogP contribution in [0, 0.1) is 5.41 Å². The molecule has 4 N–H and O–H groups in total. The minimum Gasteiger partial charge on any atom is -0.508 e. The van der Waals surface area contributed by atoms with E-state index in [2.05, 4.69) is 19.2 Å². The van der Waals surface area contributed by atoms with Gasteiger partial charge >= 0.3 is 0 Å². The van der Waals surface area contributed by atoms with Crippen molar-refractivity contribution in [3.8, 4) is 5.75 Å². The standard InChI is InChI=1S/C13H20N2O2/c1-13(2,6-7-14)9-15-12(17)10-4-3-5-11(16)8-10/h3-5,8,16H,6-7,9,14H2,1-2H3,(H,15,17). The summed E-state index contributed by atoms with van der Waals surface area (Å²) in [5, 5.41) is 12.1. The fourth-order valence-electron chi connectivity index (χ4n) is 1.55. The van der Waals surface area contributed by atoms with Gasteiger partial charge in [0.05, 0.1) is 0 Å². The van der Waals surface area contributed by atoms with Gasteiger partial charge in [-0.25, -0.2) is 0 Å². The number of carbonyl (C=O) groups excluding carboxylic acids is 1. The summed E-state index contributed by atoms with van der Waals surface area (Å²) in [5.41, 5.74) is 5.96. The molecule has 94 valence electrons. The van der Waals surface area contributed by atoms with Crippen molar-refractivity contribution in [1.29, 1.82) is 0 Å². The molecule has 0 saturated carbocycles. The van der Waals surface area contributed by atoms with Gasteiger partial charge in [0, 0.05) is 12.1 Å². The van der Waals surface area contributed by atoms with E-state index in [1.807, 2.05) is 0 Å². The quantitative estimate of drug-likeness (QED) is 0.725. The highest BCUT2D eigenvalue weighted by Gasteiger charge is 2.18. The summed E-state index contributed by atoms with van der Waals surface area (Å²) in [6.07, 6.45) is 0.854. The van der Waals surface area contributed by atoms with Crippen LogP contribution in [0.2, 0.25) is 0 Å². The lowest BCUT2D eigenvalue weighted by Gasteiger charge is -2.24. The van der Waals surface area contributed by atoms with Gasteiger partial charge in [0.2, 0.25) is 0 Å². The Kier molecular flexibility index (Phi) is 4.52. The zero-order chi connectivity index (χ0) is 12.9. The summed E-state index contributed by atoms with van der Waals surface area (Å²) in [6.45, 7) is 5.29. The average molecular weight is 236 g/mol. The van der Waals surface area contributed by atoms with Gasteiger partial charge in [0.25, 0.3) is 5.91 Å². The fraction of sp³-hybridized carbons (Fsp3) is 0.462. The number of hydrogen-bond donors (Lipinski definition) is 3. The summed E-state index contributed by atoms with van der Waals surface area (Å²) in [7, 11) is 0. The topological polar surface area (TPSA) is 75.3 Å². The van der Waals surface area contributed by atoms with E-state index in [-0.39, 0.29) is 17.1 Å². The highest BCUT2D eigenvalue weighted by atomic mass is 16.3. The number of phenols is 1. The molecule has 4 heteroatoms. The summed E-state index contributed by atoms with van der Waals surface area (Å²) < 4.78 is 0. The van der Waals surface area contributed by atoms with Crippen LogP contribution >= 0.6 is 0 Å². The SMILES string of the molecule is CC(C)(CCN)CNC(=O)c1cccc(O)c1. The number of benzene rings is 1. The Morgan fingerprint density at radius 3 is 2.76 bits per heavy atom. The summed E-state index contributed by atoms with van der Waals surface area (Å²) in [5.74, 6) is -0.0788. The number of phenolic OH excluding ortho intramolecular Hbond substituents is 1. The van der Waals surface area contributed by atoms with Crippen LogP contribution in [0.4, 0.5) is 0 Å². The third-order valence-corrected chi connectivity index (χ3v) is 2.66. The highest BCUT2D eigenvalue weighted by Crippen LogP contribution is 2.18. The van der Waals surface area contributed by atoms with Gasteiger partial charge in [-0.05, 0) is 36.6 Å². The van der Waals surface area contributed by atoms with E-state index >= 15 is 0 Å². The molecule has 0 unspecified atom stereocenters. The van der Waals surface area contributed by atoms with Crippen LogP contribution in [0.25, 0.3) is 0 Å². The Morgan fingerprint density at radius 2 is 2.18 bits per heavy atom. The lowest BCUT2D eigenvalue weighted by Crippen LogP contribution is -2.35. The zero-order valence-electron chi connectivity index (χ0n) is 10.4. The Hall–Kier alpha value is -1.55. The van der Waals surface area contributed by atoms with Crippen LogP contribution in [0.1, 0.15) is 30.6 Å². The summed E-state index contributed by atoms with van der Waals surface area (Å²) >= 11 is 0. The molecular weight excluding hydrogens is 216 g/mol. The third kappa shape index (κ3) is 4.44. The number of carbonyl (C=O) groups is 1. The molecule has 0 aliphatic rings. The third-order valence-electron chi connectivity index (χ3n) is 2.66. The molecule has 0 radical (unpaired) electrons. The molecule has 0 bridgehead atoms. The minimum absolute atomic E-state index is 0.0127. The number of aromatic hydroxyl groups is 1. The average Bonchev–Trinajstić information content (AvgIpc) is 2.26. The lowest BCUT2D eigenvalue weighted by molar-refractivity contribution is 0.0934. The number of amides is 1. The highest BCUT2D eigenvalue weighted by molar-refractivity contribution is 5.94. The number of hydrogen-bond acceptors (Lipinski definition) is 3. The Bertz CT molecular complexity index is 389. The second-order valence-corrected chi connectivity index (χ2v) is 4.94.